The lowest BCUT2D eigenvalue weighted by molar-refractivity contribution is -0.0366. The molecule has 1 aromatic carbocycles. The van der Waals surface area contributed by atoms with Crippen molar-refractivity contribution < 1.29 is 23.8 Å². The Balaban J connectivity index is 1.10. The maximum atomic E-state index is 12.3. The van der Waals surface area contributed by atoms with Gasteiger partial charge < -0.3 is 24.4 Å². The number of rotatable bonds is 6. The van der Waals surface area contributed by atoms with Crippen LogP contribution in [0.2, 0.25) is 5.02 Å². The van der Waals surface area contributed by atoms with Gasteiger partial charge in [0, 0.05) is 34.6 Å². The summed E-state index contributed by atoms with van der Waals surface area (Å²) in [7, 11) is 0. The molecule has 1 aromatic heterocycles. The van der Waals surface area contributed by atoms with Crippen molar-refractivity contribution in [3.05, 3.63) is 27.3 Å². The highest BCUT2D eigenvalue weighted by atomic mass is 79.9. The molecule has 208 valence electrons. The zero-order chi connectivity index (χ0) is 27.0. The average Bonchev–Trinajstić information content (AvgIpc) is 3.23. The van der Waals surface area contributed by atoms with Crippen molar-refractivity contribution >= 4 is 50.6 Å². The van der Waals surface area contributed by atoms with Crippen molar-refractivity contribution in [2.24, 2.45) is 5.92 Å². The minimum absolute atomic E-state index is 0.0448. The van der Waals surface area contributed by atoms with Crippen molar-refractivity contribution in [3.63, 3.8) is 0 Å². The highest BCUT2D eigenvalue weighted by molar-refractivity contribution is 9.10. The zero-order valence-electron chi connectivity index (χ0n) is 22.2. The van der Waals surface area contributed by atoms with Gasteiger partial charge in [-0.05, 0) is 98.7 Å². The number of amides is 2. The van der Waals surface area contributed by atoms with E-state index in [0.29, 0.717) is 38.0 Å². The number of fused-ring (bicyclic) bond motifs is 1. The highest BCUT2D eigenvalue weighted by Gasteiger charge is 2.41. The third-order valence-electron chi connectivity index (χ3n) is 7.43. The molecule has 3 fully saturated rings. The van der Waals surface area contributed by atoms with Crippen LogP contribution in [0.3, 0.4) is 0 Å². The molecule has 2 saturated heterocycles. The molecule has 2 aliphatic heterocycles. The topological polar surface area (TPSA) is 94.9 Å². The monoisotopic (exact) mass is 610 g/mol. The molecule has 3 heterocycles. The van der Waals surface area contributed by atoms with E-state index in [1.165, 1.54) is 0 Å². The number of alkyl carbamates (subject to hydrolysis) is 1. The Bertz CT molecular complexity index is 1190. The summed E-state index contributed by atoms with van der Waals surface area (Å²) in [5, 5.41) is 9.25. The molecular formula is C27H36BrClN4O5. The fourth-order valence-electron chi connectivity index (χ4n) is 5.42. The van der Waals surface area contributed by atoms with Crippen LogP contribution in [0.25, 0.3) is 10.9 Å². The molecule has 1 N–H and O–H groups in total. The average molecular weight is 612 g/mol. The molecule has 3 aliphatic rings. The van der Waals surface area contributed by atoms with Gasteiger partial charge in [-0.15, -0.1) is 0 Å². The predicted octanol–water partition coefficient (Wildman–Crippen LogP) is 6.38. The van der Waals surface area contributed by atoms with Crippen molar-refractivity contribution in [2.45, 2.75) is 83.1 Å². The van der Waals surface area contributed by atoms with E-state index in [2.05, 4.69) is 26.3 Å². The third kappa shape index (κ3) is 6.23. The van der Waals surface area contributed by atoms with Crippen LogP contribution in [0.1, 0.15) is 77.0 Å². The second kappa shape index (κ2) is 11.2. The van der Waals surface area contributed by atoms with E-state index in [0.717, 1.165) is 64.7 Å². The third-order valence-corrected chi connectivity index (χ3v) is 8.60. The van der Waals surface area contributed by atoms with Gasteiger partial charge in [0.2, 0.25) is 0 Å². The number of nitrogens with zero attached hydrogens (tertiary/aromatic N) is 3. The number of nitrogens with one attached hydrogen (secondary N) is 1. The molecule has 11 heteroatoms. The highest BCUT2D eigenvalue weighted by Crippen LogP contribution is 2.55. The fourth-order valence-corrected chi connectivity index (χ4v) is 6.69. The molecule has 1 aliphatic carbocycles. The Labute approximate surface area is 236 Å². The largest absolute Gasteiger partial charge is 0.450 e. The van der Waals surface area contributed by atoms with Crippen LogP contribution in [0, 0.1) is 5.92 Å². The number of hydrogen-bond acceptors (Lipinski definition) is 6. The second-order valence-electron chi connectivity index (χ2n) is 11.5. The summed E-state index contributed by atoms with van der Waals surface area (Å²) >= 11 is 10.6. The van der Waals surface area contributed by atoms with E-state index >= 15 is 0 Å². The predicted molar refractivity (Wildman–Crippen MR) is 147 cm³/mol. The van der Waals surface area contributed by atoms with Crippen molar-refractivity contribution in [2.75, 3.05) is 26.3 Å². The van der Waals surface area contributed by atoms with Crippen LogP contribution in [0.4, 0.5) is 9.59 Å². The van der Waals surface area contributed by atoms with E-state index in [1.807, 2.05) is 37.7 Å². The Morgan fingerprint density at radius 1 is 1.29 bits per heavy atom. The summed E-state index contributed by atoms with van der Waals surface area (Å²) in [5.74, 6) is 0.722. The first-order chi connectivity index (χ1) is 18.1. The number of ether oxygens (including phenoxy) is 3. The van der Waals surface area contributed by atoms with E-state index in [9.17, 15) is 9.59 Å². The SMILES string of the molecule is CC(C)(C)OC(=O)N1CC[C@@H](NC(=O)OCCC2CC2c2c(Cl)cc3c(cnn3C3CCCCO3)c2Br)C1. The number of benzene rings is 1. The molecule has 0 radical (unpaired) electrons. The minimum Gasteiger partial charge on any atom is -0.450 e. The van der Waals surface area contributed by atoms with Gasteiger partial charge >= 0.3 is 12.2 Å². The maximum Gasteiger partial charge on any atom is 0.410 e. The number of likely N-dealkylation sites (tertiary alicyclic amines) is 1. The van der Waals surface area contributed by atoms with E-state index in [1.54, 1.807) is 4.90 Å². The van der Waals surface area contributed by atoms with Crippen LogP contribution in [0.15, 0.2) is 16.7 Å². The first-order valence-electron chi connectivity index (χ1n) is 13.5. The van der Waals surface area contributed by atoms with E-state index in [-0.39, 0.29) is 18.4 Å². The van der Waals surface area contributed by atoms with Gasteiger partial charge in [-0.3, -0.25) is 0 Å². The molecule has 0 spiro atoms. The quantitative estimate of drug-likeness (QED) is 0.407. The molecule has 38 heavy (non-hydrogen) atoms. The van der Waals surface area contributed by atoms with Crippen molar-refractivity contribution in [3.8, 4) is 0 Å². The van der Waals surface area contributed by atoms with Crippen LogP contribution in [-0.4, -0.2) is 64.8 Å². The Morgan fingerprint density at radius 3 is 2.84 bits per heavy atom. The normalized spacial score (nSPS) is 25.4. The smallest absolute Gasteiger partial charge is 0.410 e. The van der Waals surface area contributed by atoms with Gasteiger partial charge in [-0.1, -0.05) is 11.6 Å². The molecule has 4 atom stereocenters. The van der Waals surface area contributed by atoms with Gasteiger partial charge in [0.15, 0.2) is 6.23 Å². The Kier molecular flexibility index (Phi) is 8.12. The first kappa shape index (κ1) is 27.5. The molecule has 3 unspecified atom stereocenters. The molecule has 9 nitrogen and oxygen atoms in total. The van der Waals surface area contributed by atoms with Crippen LogP contribution in [0.5, 0.6) is 0 Å². The molecule has 5 rings (SSSR count). The van der Waals surface area contributed by atoms with E-state index < -0.39 is 11.7 Å². The van der Waals surface area contributed by atoms with Crippen molar-refractivity contribution in [1.82, 2.24) is 20.0 Å². The van der Waals surface area contributed by atoms with Gasteiger partial charge in [0.1, 0.15) is 5.60 Å². The summed E-state index contributed by atoms with van der Waals surface area (Å²) in [6.45, 7) is 7.58. The number of hydrogen-bond donors (Lipinski definition) is 1. The second-order valence-corrected chi connectivity index (χ2v) is 12.7. The summed E-state index contributed by atoms with van der Waals surface area (Å²) in [5.41, 5.74) is 1.54. The fraction of sp³-hybridized carbons (Fsp3) is 0.667. The number of halogens is 2. The van der Waals surface area contributed by atoms with Gasteiger partial charge in [0.05, 0.1) is 24.4 Å². The van der Waals surface area contributed by atoms with Crippen LogP contribution in [-0.2, 0) is 14.2 Å². The summed E-state index contributed by atoms with van der Waals surface area (Å²) in [6.07, 6.45) is 6.66. The molecular weight excluding hydrogens is 576 g/mol. The first-order valence-corrected chi connectivity index (χ1v) is 14.7. The molecule has 2 aromatic rings. The van der Waals surface area contributed by atoms with Crippen molar-refractivity contribution in [1.29, 1.82) is 0 Å². The minimum atomic E-state index is -0.542. The Morgan fingerprint density at radius 2 is 2.11 bits per heavy atom. The zero-order valence-corrected chi connectivity index (χ0v) is 24.5. The Hall–Kier alpha value is -2.04. The molecule has 0 bridgehead atoms. The maximum absolute atomic E-state index is 12.3. The lowest BCUT2D eigenvalue weighted by atomic mass is 10.1. The summed E-state index contributed by atoms with van der Waals surface area (Å²) in [6, 6.07) is 1.87. The lowest BCUT2D eigenvalue weighted by Crippen LogP contribution is -2.40. The molecule has 2 amide bonds. The summed E-state index contributed by atoms with van der Waals surface area (Å²) in [4.78, 5) is 26.2. The number of aromatic nitrogens is 2. The van der Waals surface area contributed by atoms with E-state index in [4.69, 9.17) is 25.8 Å². The standard InChI is InChI=1S/C27H36BrClN4O5/c1-27(2,3)38-26(35)32-9-7-17(15-32)31-25(34)37-11-8-16-12-18(16)23-20(29)13-21-19(24(23)28)14-30-33(21)22-6-4-5-10-36-22/h13-14,16-18,22H,4-12,15H2,1-3H3,(H,31,34)/t16?,17-,18?,22?/m1/s1. The van der Waals surface area contributed by atoms with Gasteiger partial charge in [-0.2, -0.15) is 5.10 Å². The lowest BCUT2D eigenvalue weighted by Gasteiger charge is -2.24. The van der Waals surface area contributed by atoms with Gasteiger partial charge in [-0.25, -0.2) is 14.3 Å². The van der Waals surface area contributed by atoms with Crippen LogP contribution < -0.4 is 5.32 Å². The number of carbonyl (C=O) groups excluding carboxylic acids is 2. The number of carbonyl (C=O) groups is 2. The molecule has 1 saturated carbocycles. The summed E-state index contributed by atoms with van der Waals surface area (Å²) < 4.78 is 19.7. The van der Waals surface area contributed by atoms with Gasteiger partial charge in [0.25, 0.3) is 0 Å². The van der Waals surface area contributed by atoms with Crippen LogP contribution >= 0.6 is 27.5 Å².